The molecule has 4 saturated carbocycles. The molecule has 4 rings (SSSR count). The summed E-state index contributed by atoms with van der Waals surface area (Å²) in [5, 5.41) is 0. The van der Waals surface area contributed by atoms with Crippen LogP contribution in [0.5, 0.6) is 0 Å². The van der Waals surface area contributed by atoms with Crippen molar-refractivity contribution in [3.63, 3.8) is 0 Å². The van der Waals surface area contributed by atoms with Crippen LogP contribution in [0.25, 0.3) is 0 Å². The number of hydrogen-bond donors (Lipinski definition) is 0. The quantitative estimate of drug-likeness (QED) is 0.420. The van der Waals surface area contributed by atoms with Gasteiger partial charge in [-0.05, 0) is 95.3 Å². The summed E-state index contributed by atoms with van der Waals surface area (Å²) >= 11 is 0. The highest BCUT2D eigenvalue weighted by Gasteiger charge is 2.40. The number of methoxy groups -OCH3 is 1. The molecule has 0 aliphatic heterocycles. The Hall–Kier alpha value is -0.810. The monoisotopic (exact) mass is 478 g/mol. The van der Waals surface area contributed by atoms with Crippen LogP contribution in [0, 0.1) is 35.5 Å². The fraction of sp³-hybridized carbons (Fsp3) is 0.931. The first-order chi connectivity index (χ1) is 16.3. The van der Waals surface area contributed by atoms with Crippen LogP contribution in [0.3, 0.4) is 0 Å². The molecule has 0 aromatic rings. The van der Waals surface area contributed by atoms with Gasteiger partial charge in [0, 0.05) is 37.2 Å². The van der Waals surface area contributed by atoms with Crippen LogP contribution >= 0.6 is 0 Å². The molecular weight excluding hydrogens is 431 g/mol. The second kappa shape index (κ2) is 12.0. The average Bonchev–Trinajstić information content (AvgIpc) is 2.82. The van der Waals surface area contributed by atoms with Crippen LogP contribution < -0.4 is 0 Å². The zero-order valence-corrected chi connectivity index (χ0v) is 21.7. The van der Waals surface area contributed by atoms with Crippen molar-refractivity contribution in [1.29, 1.82) is 0 Å². The van der Waals surface area contributed by atoms with Gasteiger partial charge in [-0.1, -0.05) is 13.8 Å². The Morgan fingerprint density at radius 1 is 0.588 bits per heavy atom. The van der Waals surface area contributed by atoms with Crippen molar-refractivity contribution in [3.8, 4) is 0 Å². The number of hydrogen-bond acceptors (Lipinski definition) is 4. The molecule has 0 heterocycles. The molecule has 0 spiro atoms. The van der Waals surface area contributed by atoms with Crippen LogP contribution in [0.2, 0.25) is 0 Å². The smallest absolute Gasteiger partial charge is 0.139 e. The van der Waals surface area contributed by atoms with E-state index in [0.717, 1.165) is 64.2 Å². The van der Waals surface area contributed by atoms with E-state index in [2.05, 4.69) is 13.8 Å². The fourth-order valence-corrected chi connectivity index (χ4v) is 7.73. The first kappa shape index (κ1) is 26.3. The first-order valence-corrected chi connectivity index (χ1v) is 14.2. The van der Waals surface area contributed by atoms with Crippen molar-refractivity contribution in [2.24, 2.45) is 35.5 Å². The Labute approximate surface area is 206 Å². The van der Waals surface area contributed by atoms with E-state index in [1.165, 1.54) is 6.42 Å². The molecule has 0 N–H and O–H groups in total. The molecule has 0 saturated heterocycles. The number of carbonyl (C=O) groups excluding carboxylic acids is 2. The number of halogens is 1. The van der Waals surface area contributed by atoms with E-state index < -0.39 is 6.17 Å². The SMILES string of the molecule is COC1CCC(C(=O)C2CC(F)CC(OC3CCC(C(=O)C4CC(C)CC(C)C4)CC3)C2)CC1. The molecule has 34 heavy (non-hydrogen) atoms. The molecule has 0 bridgehead atoms. The van der Waals surface area contributed by atoms with Gasteiger partial charge >= 0.3 is 0 Å². The first-order valence-electron chi connectivity index (χ1n) is 14.2. The van der Waals surface area contributed by atoms with E-state index in [1.54, 1.807) is 7.11 Å². The van der Waals surface area contributed by atoms with Gasteiger partial charge in [0.15, 0.2) is 0 Å². The summed E-state index contributed by atoms with van der Waals surface area (Å²) < 4.78 is 26.4. The van der Waals surface area contributed by atoms with Crippen molar-refractivity contribution in [2.75, 3.05) is 7.11 Å². The predicted octanol–water partition coefficient (Wildman–Crippen LogP) is 6.48. The standard InChI is InChI=1S/C29H47FO4/c1-18-12-19(2)14-22(13-18)28(31)21-6-10-26(11-7-21)34-27-16-23(15-24(30)17-27)29(32)20-4-8-25(33-3)9-5-20/h18-27H,4-17H2,1-3H3. The van der Waals surface area contributed by atoms with Crippen molar-refractivity contribution in [1.82, 2.24) is 0 Å². The van der Waals surface area contributed by atoms with Gasteiger partial charge in [0.2, 0.25) is 0 Å². The highest BCUT2D eigenvalue weighted by atomic mass is 19.1. The normalized spacial score (nSPS) is 43.9. The van der Waals surface area contributed by atoms with E-state index in [-0.39, 0.29) is 47.8 Å². The minimum Gasteiger partial charge on any atom is -0.381 e. The van der Waals surface area contributed by atoms with Gasteiger partial charge in [-0.3, -0.25) is 9.59 Å². The lowest BCUT2D eigenvalue weighted by molar-refractivity contribution is -0.137. The highest BCUT2D eigenvalue weighted by molar-refractivity contribution is 5.84. The molecule has 0 amide bonds. The van der Waals surface area contributed by atoms with Gasteiger partial charge in [0.1, 0.15) is 17.7 Å². The number of alkyl halides is 1. The summed E-state index contributed by atoms with van der Waals surface area (Å²) in [7, 11) is 1.74. The molecule has 5 atom stereocenters. The third-order valence-electron chi connectivity index (χ3n) is 9.46. The third-order valence-corrected chi connectivity index (χ3v) is 9.46. The van der Waals surface area contributed by atoms with E-state index in [4.69, 9.17) is 9.47 Å². The average molecular weight is 479 g/mol. The summed E-state index contributed by atoms with van der Waals surface area (Å²) in [5.41, 5.74) is 0. The number of ketones is 2. The van der Waals surface area contributed by atoms with E-state index in [1.807, 2.05) is 0 Å². The molecule has 5 heteroatoms. The second-order valence-electron chi connectivity index (χ2n) is 12.4. The highest BCUT2D eigenvalue weighted by Crippen LogP contribution is 2.40. The molecular formula is C29H47FO4. The van der Waals surface area contributed by atoms with Crippen molar-refractivity contribution in [2.45, 2.75) is 128 Å². The summed E-state index contributed by atoms with van der Waals surface area (Å²) in [6, 6.07) is 0. The Kier molecular flexibility index (Phi) is 9.23. The van der Waals surface area contributed by atoms with Crippen LogP contribution in [0.15, 0.2) is 0 Å². The van der Waals surface area contributed by atoms with Crippen molar-refractivity contribution in [3.05, 3.63) is 0 Å². The van der Waals surface area contributed by atoms with Gasteiger partial charge < -0.3 is 9.47 Å². The Bertz CT molecular complexity index is 670. The van der Waals surface area contributed by atoms with Gasteiger partial charge in [0.05, 0.1) is 18.3 Å². The number of carbonyl (C=O) groups is 2. The fourth-order valence-electron chi connectivity index (χ4n) is 7.73. The molecule has 194 valence electrons. The van der Waals surface area contributed by atoms with Gasteiger partial charge in [-0.15, -0.1) is 0 Å². The lowest BCUT2D eigenvalue weighted by atomic mass is 9.70. The van der Waals surface area contributed by atoms with Crippen molar-refractivity contribution >= 4 is 11.6 Å². The Morgan fingerprint density at radius 2 is 1.09 bits per heavy atom. The summed E-state index contributed by atoms with van der Waals surface area (Å²) in [6.07, 6.45) is 11.3. The molecule has 4 nitrogen and oxygen atoms in total. The van der Waals surface area contributed by atoms with E-state index in [9.17, 15) is 14.0 Å². The number of Topliss-reactive ketones (excluding diaryl/α,β-unsaturated/α-hetero) is 2. The molecule has 4 aliphatic rings. The minimum atomic E-state index is -0.948. The molecule has 0 aromatic carbocycles. The zero-order valence-electron chi connectivity index (χ0n) is 21.7. The predicted molar refractivity (Wildman–Crippen MR) is 131 cm³/mol. The molecule has 4 fully saturated rings. The summed E-state index contributed by atoms with van der Waals surface area (Å²) in [5.74, 6) is 2.35. The van der Waals surface area contributed by atoms with E-state index in [0.29, 0.717) is 36.9 Å². The van der Waals surface area contributed by atoms with Crippen LogP contribution in [0.1, 0.15) is 104 Å². The molecule has 5 unspecified atom stereocenters. The van der Waals surface area contributed by atoms with Crippen LogP contribution in [0.4, 0.5) is 4.39 Å². The maximum Gasteiger partial charge on any atom is 0.139 e. The second-order valence-corrected chi connectivity index (χ2v) is 12.4. The summed E-state index contributed by atoms with van der Waals surface area (Å²) in [6.45, 7) is 4.57. The Morgan fingerprint density at radius 3 is 1.62 bits per heavy atom. The maximum absolute atomic E-state index is 14.6. The number of ether oxygens (including phenoxy) is 2. The van der Waals surface area contributed by atoms with Crippen LogP contribution in [-0.2, 0) is 19.1 Å². The van der Waals surface area contributed by atoms with Crippen molar-refractivity contribution < 1.29 is 23.5 Å². The lowest BCUT2D eigenvalue weighted by Crippen LogP contribution is -2.40. The molecule has 0 radical (unpaired) electrons. The molecule has 0 aromatic heterocycles. The van der Waals surface area contributed by atoms with Gasteiger partial charge in [0.25, 0.3) is 0 Å². The van der Waals surface area contributed by atoms with Crippen LogP contribution in [-0.4, -0.2) is 43.2 Å². The summed E-state index contributed by atoms with van der Waals surface area (Å²) in [4.78, 5) is 26.3. The maximum atomic E-state index is 14.6. The number of rotatable bonds is 7. The topological polar surface area (TPSA) is 52.6 Å². The lowest BCUT2D eigenvalue weighted by Gasteiger charge is -2.38. The minimum absolute atomic E-state index is 0.0639. The zero-order chi connectivity index (χ0) is 24.2. The molecule has 4 aliphatic carbocycles. The Balaban J connectivity index is 1.23. The van der Waals surface area contributed by atoms with Gasteiger partial charge in [-0.2, -0.15) is 0 Å². The third kappa shape index (κ3) is 6.69. The van der Waals surface area contributed by atoms with E-state index >= 15 is 0 Å². The van der Waals surface area contributed by atoms with Gasteiger partial charge in [-0.25, -0.2) is 4.39 Å². The largest absolute Gasteiger partial charge is 0.381 e.